The van der Waals surface area contributed by atoms with Gasteiger partial charge in [-0.3, -0.25) is 4.79 Å². The van der Waals surface area contributed by atoms with Gasteiger partial charge in [0.1, 0.15) is 11.2 Å². The van der Waals surface area contributed by atoms with E-state index in [1.807, 2.05) is 31.4 Å². The van der Waals surface area contributed by atoms with E-state index in [0.29, 0.717) is 19.6 Å². The molecule has 1 N–H and O–H groups in total. The van der Waals surface area contributed by atoms with Gasteiger partial charge < -0.3 is 24.3 Å². The lowest BCUT2D eigenvalue weighted by molar-refractivity contribution is 0.0101. The van der Waals surface area contributed by atoms with Crippen molar-refractivity contribution in [1.29, 1.82) is 0 Å². The van der Waals surface area contributed by atoms with Gasteiger partial charge in [0.15, 0.2) is 0 Å². The lowest BCUT2D eigenvalue weighted by atomic mass is 9.83. The number of aromatic nitrogens is 1. The summed E-state index contributed by atoms with van der Waals surface area (Å²) in [5.41, 5.74) is 0.438. The average molecular weight is 420 g/mol. The largest absolute Gasteiger partial charge is 0.444 e. The van der Waals surface area contributed by atoms with Gasteiger partial charge >= 0.3 is 12.2 Å². The highest BCUT2D eigenvalue weighted by atomic mass is 16.6. The van der Waals surface area contributed by atoms with E-state index in [4.69, 9.17) is 9.47 Å². The number of nitrogens with zero attached hydrogens (tertiary/aromatic N) is 2. The SMILES string of the molecule is CC(C)(C)OC(=O)NCc1cc2n(c(=O)c1)CC1CC2CN(C(=O)OC(C)(C)C)C1. The molecule has 3 rings (SSSR count). The zero-order valence-electron chi connectivity index (χ0n) is 18.8. The molecule has 0 radical (unpaired) electrons. The number of alkyl carbamates (subject to hydrolysis) is 1. The number of ether oxygens (including phenoxy) is 2. The number of carbonyl (C=O) groups is 2. The molecule has 2 amide bonds. The monoisotopic (exact) mass is 419 g/mol. The summed E-state index contributed by atoms with van der Waals surface area (Å²) in [5.74, 6) is 0.298. The molecule has 1 aromatic heterocycles. The van der Waals surface area contributed by atoms with Crippen LogP contribution in [0.1, 0.15) is 65.1 Å². The first-order chi connectivity index (χ1) is 13.8. The van der Waals surface area contributed by atoms with E-state index in [2.05, 4.69) is 5.32 Å². The first-order valence-electron chi connectivity index (χ1n) is 10.5. The predicted octanol–water partition coefficient (Wildman–Crippen LogP) is 3.23. The standard InChI is InChI=1S/C22H33N3O5/c1-21(2,3)29-19(27)23-10-14-8-17-16-7-15(12-25(17)18(26)9-14)11-24(13-16)20(28)30-22(4,5)6/h8-9,15-16H,7,10-13H2,1-6H3,(H,23,27). The van der Waals surface area contributed by atoms with E-state index in [-0.39, 0.29) is 30.0 Å². The lowest BCUT2D eigenvalue weighted by Gasteiger charge is -2.43. The van der Waals surface area contributed by atoms with Crippen LogP contribution < -0.4 is 10.9 Å². The Morgan fingerprint density at radius 2 is 1.70 bits per heavy atom. The Bertz CT molecular complexity index is 878. The van der Waals surface area contributed by atoms with Crippen LogP contribution in [0, 0.1) is 5.92 Å². The molecule has 0 spiro atoms. The summed E-state index contributed by atoms with van der Waals surface area (Å²) in [6.07, 6.45) is 0.103. The second-order valence-electron chi connectivity index (χ2n) is 10.3. The van der Waals surface area contributed by atoms with Crippen LogP contribution in [0.25, 0.3) is 0 Å². The quantitative estimate of drug-likeness (QED) is 0.795. The van der Waals surface area contributed by atoms with Crippen molar-refractivity contribution >= 4 is 12.2 Å². The maximum Gasteiger partial charge on any atom is 0.410 e. The van der Waals surface area contributed by atoms with E-state index < -0.39 is 17.3 Å². The second kappa shape index (κ2) is 7.96. The van der Waals surface area contributed by atoms with Crippen molar-refractivity contribution in [2.75, 3.05) is 13.1 Å². The van der Waals surface area contributed by atoms with E-state index in [1.165, 1.54) is 0 Å². The van der Waals surface area contributed by atoms with Crippen LogP contribution >= 0.6 is 0 Å². The maximum atomic E-state index is 12.7. The first kappa shape index (κ1) is 22.2. The second-order valence-corrected chi connectivity index (χ2v) is 10.3. The summed E-state index contributed by atoms with van der Waals surface area (Å²) in [4.78, 5) is 39.0. The van der Waals surface area contributed by atoms with E-state index in [9.17, 15) is 14.4 Å². The van der Waals surface area contributed by atoms with Crippen LogP contribution in [0.2, 0.25) is 0 Å². The molecule has 2 unspecified atom stereocenters. The lowest BCUT2D eigenvalue weighted by Crippen LogP contribution is -2.50. The Kier molecular flexibility index (Phi) is 5.89. The molecule has 8 nitrogen and oxygen atoms in total. The molecule has 2 atom stereocenters. The number of fused-ring (bicyclic) bond motifs is 4. The van der Waals surface area contributed by atoms with Gasteiger partial charge in [0.25, 0.3) is 5.56 Å². The molecule has 2 bridgehead atoms. The molecule has 30 heavy (non-hydrogen) atoms. The molecule has 3 heterocycles. The third-order valence-corrected chi connectivity index (χ3v) is 5.10. The van der Waals surface area contributed by atoms with Gasteiger partial charge in [0.05, 0.1) is 0 Å². The Hall–Kier alpha value is -2.51. The molecule has 0 aliphatic carbocycles. The van der Waals surface area contributed by atoms with Gasteiger partial charge in [-0.25, -0.2) is 9.59 Å². The summed E-state index contributed by atoms with van der Waals surface area (Å²) >= 11 is 0. The fourth-order valence-corrected chi connectivity index (χ4v) is 4.08. The Balaban J connectivity index is 1.74. The third-order valence-electron chi connectivity index (χ3n) is 5.10. The topological polar surface area (TPSA) is 89.9 Å². The number of rotatable bonds is 2. The fraction of sp³-hybridized carbons (Fsp3) is 0.682. The van der Waals surface area contributed by atoms with Crippen molar-refractivity contribution in [2.24, 2.45) is 5.92 Å². The number of hydrogen-bond acceptors (Lipinski definition) is 5. The van der Waals surface area contributed by atoms with Gasteiger partial charge in [0, 0.05) is 43.9 Å². The van der Waals surface area contributed by atoms with E-state index in [1.54, 1.807) is 31.7 Å². The van der Waals surface area contributed by atoms with Gasteiger partial charge in [-0.1, -0.05) is 0 Å². The molecule has 0 aromatic carbocycles. The Morgan fingerprint density at radius 3 is 2.33 bits per heavy atom. The van der Waals surface area contributed by atoms with Crippen molar-refractivity contribution in [3.05, 3.63) is 33.7 Å². The molecule has 8 heteroatoms. The molecule has 1 fully saturated rings. The predicted molar refractivity (Wildman–Crippen MR) is 112 cm³/mol. The number of piperidine rings is 1. The molecule has 2 aliphatic heterocycles. The number of carbonyl (C=O) groups excluding carboxylic acids is 2. The summed E-state index contributed by atoms with van der Waals surface area (Å²) in [7, 11) is 0. The molecule has 166 valence electrons. The fourth-order valence-electron chi connectivity index (χ4n) is 4.08. The van der Waals surface area contributed by atoms with Crippen molar-refractivity contribution in [3.63, 3.8) is 0 Å². The minimum atomic E-state index is -0.582. The highest BCUT2D eigenvalue weighted by Crippen LogP contribution is 2.36. The first-order valence-corrected chi connectivity index (χ1v) is 10.5. The summed E-state index contributed by atoms with van der Waals surface area (Å²) in [5, 5.41) is 2.70. The van der Waals surface area contributed by atoms with Crippen LogP contribution in [0.3, 0.4) is 0 Å². The number of likely N-dealkylation sites (tertiary alicyclic amines) is 1. The van der Waals surface area contributed by atoms with Crippen molar-refractivity contribution in [1.82, 2.24) is 14.8 Å². The van der Waals surface area contributed by atoms with Crippen LogP contribution in [-0.4, -0.2) is 45.9 Å². The summed E-state index contributed by atoms with van der Waals surface area (Å²) < 4.78 is 12.6. The molecular weight excluding hydrogens is 386 g/mol. The van der Waals surface area contributed by atoms with Crippen molar-refractivity contribution in [3.8, 4) is 0 Å². The molecule has 2 aliphatic rings. The number of amides is 2. The minimum Gasteiger partial charge on any atom is -0.444 e. The van der Waals surface area contributed by atoms with Crippen LogP contribution in [-0.2, 0) is 22.6 Å². The minimum absolute atomic E-state index is 0.0687. The van der Waals surface area contributed by atoms with Gasteiger partial charge in [-0.05, 0) is 65.5 Å². The van der Waals surface area contributed by atoms with E-state index >= 15 is 0 Å². The average Bonchev–Trinajstić information content (AvgIpc) is 2.58. The highest BCUT2D eigenvalue weighted by molar-refractivity contribution is 5.68. The van der Waals surface area contributed by atoms with Gasteiger partial charge in [0.2, 0.25) is 0 Å². The Morgan fingerprint density at radius 1 is 1.03 bits per heavy atom. The zero-order valence-corrected chi connectivity index (χ0v) is 18.8. The summed E-state index contributed by atoms with van der Waals surface area (Å²) in [6, 6.07) is 3.52. The number of nitrogens with one attached hydrogen (secondary N) is 1. The molecule has 1 saturated heterocycles. The van der Waals surface area contributed by atoms with Gasteiger partial charge in [-0.2, -0.15) is 0 Å². The number of hydrogen-bond donors (Lipinski definition) is 1. The van der Waals surface area contributed by atoms with Crippen LogP contribution in [0.5, 0.6) is 0 Å². The van der Waals surface area contributed by atoms with Gasteiger partial charge in [-0.15, -0.1) is 0 Å². The molecular formula is C22H33N3O5. The Labute approximate surface area is 177 Å². The smallest absolute Gasteiger partial charge is 0.410 e. The van der Waals surface area contributed by atoms with E-state index in [0.717, 1.165) is 17.7 Å². The highest BCUT2D eigenvalue weighted by Gasteiger charge is 2.38. The molecule has 1 aromatic rings. The zero-order chi connectivity index (χ0) is 22.3. The third kappa shape index (κ3) is 5.55. The summed E-state index contributed by atoms with van der Waals surface area (Å²) in [6.45, 7) is 12.9. The van der Waals surface area contributed by atoms with Crippen LogP contribution in [0.15, 0.2) is 16.9 Å². The number of pyridine rings is 1. The van der Waals surface area contributed by atoms with Crippen molar-refractivity contribution < 1.29 is 19.1 Å². The van der Waals surface area contributed by atoms with Crippen LogP contribution in [0.4, 0.5) is 9.59 Å². The maximum absolute atomic E-state index is 12.7. The normalized spacial score (nSPS) is 20.9. The molecule has 0 saturated carbocycles. The van der Waals surface area contributed by atoms with Crippen molar-refractivity contribution in [2.45, 2.75) is 78.2 Å².